The lowest BCUT2D eigenvalue weighted by Crippen LogP contribution is -2.62. The van der Waals surface area contributed by atoms with Crippen molar-refractivity contribution in [2.75, 3.05) is 24.6 Å². The topological polar surface area (TPSA) is 102 Å². The van der Waals surface area contributed by atoms with Gasteiger partial charge in [0.25, 0.3) is 0 Å². The summed E-state index contributed by atoms with van der Waals surface area (Å²) in [6, 6.07) is 10.1. The lowest BCUT2D eigenvalue weighted by Gasteiger charge is -2.59. The van der Waals surface area contributed by atoms with Gasteiger partial charge in [0.2, 0.25) is 0 Å². The van der Waals surface area contributed by atoms with Crippen LogP contribution in [-0.4, -0.2) is 45.9 Å². The SMILES string of the molecule is CCOc1cc(C(=O)O)nc2ccc(N3CC4(CC(/C=C/c5c(-c6cccnc6C(F)(F)F)noc5C5CC5)C4)C3)cc12. The van der Waals surface area contributed by atoms with E-state index < -0.39 is 17.8 Å². The number of allylic oxidation sites excluding steroid dienone is 1. The van der Waals surface area contributed by atoms with E-state index in [1.807, 2.05) is 31.2 Å². The number of aromatic nitrogens is 3. The fraction of sp³-hybridized carbons (Fsp3) is 0.375. The third-order valence-corrected chi connectivity index (χ3v) is 8.65. The Balaban J connectivity index is 1.06. The van der Waals surface area contributed by atoms with Gasteiger partial charge >= 0.3 is 12.1 Å². The van der Waals surface area contributed by atoms with E-state index in [1.54, 1.807) is 0 Å². The molecule has 0 amide bonds. The molecule has 2 saturated carbocycles. The Morgan fingerprint density at radius 3 is 2.70 bits per heavy atom. The number of hydrogen-bond acceptors (Lipinski definition) is 7. The largest absolute Gasteiger partial charge is 0.493 e. The molecule has 0 radical (unpaired) electrons. The predicted molar refractivity (Wildman–Crippen MR) is 153 cm³/mol. The molecular formula is C32H29F3N4O4. The number of halogens is 3. The first-order valence-corrected chi connectivity index (χ1v) is 14.4. The summed E-state index contributed by atoms with van der Waals surface area (Å²) in [5.74, 6) is 0.559. The van der Waals surface area contributed by atoms with Gasteiger partial charge < -0.3 is 19.3 Å². The molecular weight excluding hydrogens is 561 g/mol. The molecule has 1 aromatic carbocycles. The van der Waals surface area contributed by atoms with E-state index in [-0.39, 0.29) is 28.3 Å². The Morgan fingerprint density at radius 2 is 2.00 bits per heavy atom. The van der Waals surface area contributed by atoms with Crippen LogP contribution in [-0.2, 0) is 6.18 Å². The molecule has 0 unspecified atom stereocenters. The summed E-state index contributed by atoms with van der Waals surface area (Å²) >= 11 is 0. The number of nitrogens with zero attached hydrogens (tertiary/aromatic N) is 4. The average molecular weight is 591 g/mol. The molecule has 0 atom stereocenters. The number of rotatable bonds is 8. The zero-order chi connectivity index (χ0) is 29.9. The van der Waals surface area contributed by atoms with Crippen molar-refractivity contribution in [1.29, 1.82) is 0 Å². The predicted octanol–water partition coefficient (Wildman–Crippen LogP) is 7.21. The maximum absolute atomic E-state index is 13.7. The fourth-order valence-corrected chi connectivity index (χ4v) is 6.52. The van der Waals surface area contributed by atoms with E-state index in [0.29, 0.717) is 35.1 Å². The van der Waals surface area contributed by atoms with Crippen molar-refractivity contribution in [1.82, 2.24) is 15.1 Å². The summed E-state index contributed by atoms with van der Waals surface area (Å²) in [6.07, 6.45) is 4.39. The molecule has 222 valence electrons. The van der Waals surface area contributed by atoms with Crippen molar-refractivity contribution in [3.63, 3.8) is 0 Å². The molecule has 1 saturated heterocycles. The highest BCUT2D eigenvalue weighted by Crippen LogP contribution is 2.54. The first kappa shape index (κ1) is 27.4. The van der Waals surface area contributed by atoms with Crippen LogP contribution in [0.25, 0.3) is 28.2 Å². The smallest absolute Gasteiger partial charge is 0.434 e. The van der Waals surface area contributed by atoms with Crippen molar-refractivity contribution >= 4 is 28.6 Å². The molecule has 4 heterocycles. The van der Waals surface area contributed by atoms with Gasteiger partial charge in [-0.15, -0.1) is 0 Å². The number of carbonyl (C=O) groups is 1. The second kappa shape index (κ2) is 10.1. The monoisotopic (exact) mass is 590 g/mol. The van der Waals surface area contributed by atoms with E-state index in [0.717, 1.165) is 56.0 Å². The zero-order valence-corrected chi connectivity index (χ0v) is 23.4. The molecule has 11 heteroatoms. The van der Waals surface area contributed by atoms with E-state index >= 15 is 0 Å². The quantitative estimate of drug-likeness (QED) is 0.230. The molecule has 1 N–H and O–H groups in total. The van der Waals surface area contributed by atoms with Gasteiger partial charge in [0.05, 0.1) is 12.1 Å². The molecule has 3 fully saturated rings. The minimum atomic E-state index is -4.60. The molecule has 3 aliphatic rings. The lowest BCUT2D eigenvalue weighted by molar-refractivity contribution is -0.140. The van der Waals surface area contributed by atoms with Gasteiger partial charge in [-0.3, -0.25) is 4.98 Å². The third-order valence-electron chi connectivity index (χ3n) is 8.65. The van der Waals surface area contributed by atoms with Gasteiger partial charge in [-0.1, -0.05) is 17.3 Å². The Morgan fingerprint density at radius 1 is 1.21 bits per heavy atom. The molecule has 3 aromatic heterocycles. The van der Waals surface area contributed by atoms with Crippen LogP contribution in [0.2, 0.25) is 0 Å². The highest BCUT2D eigenvalue weighted by Gasteiger charge is 2.51. The highest BCUT2D eigenvalue weighted by molar-refractivity contribution is 5.94. The maximum Gasteiger partial charge on any atom is 0.434 e. The second-order valence-corrected chi connectivity index (χ2v) is 11.8. The highest BCUT2D eigenvalue weighted by atomic mass is 19.4. The molecule has 7 rings (SSSR count). The van der Waals surface area contributed by atoms with Crippen LogP contribution in [0, 0.1) is 11.3 Å². The van der Waals surface area contributed by atoms with Crippen LogP contribution >= 0.6 is 0 Å². The summed E-state index contributed by atoms with van der Waals surface area (Å²) in [4.78, 5) is 21.6. The maximum atomic E-state index is 13.7. The zero-order valence-electron chi connectivity index (χ0n) is 23.4. The van der Waals surface area contributed by atoms with Crippen LogP contribution in [0.15, 0.2) is 53.2 Å². The summed E-state index contributed by atoms with van der Waals surface area (Å²) in [5.41, 5.74) is 1.53. The Labute approximate surface area is 245 Å². The van der Waals surface area contributed by atoms with E-state index in [4.69, 9.17) is 9.26 Å². The van der Waals surface area contributed by atoms with Crippen molar-refractivity contribution in [2.45, 2.75) is 44.7 Å². The minimum absolute atomic E-state index is 0.0519. The summed E-state index contributed by atoms with van der Waals surface area (Å²) < 4.78 is 52.4. The molecule has 43 heavy (non-hydrogen) atoms. The number of hydrogen-bond donors (Lipinski definition) is 1. The van der Waals surface area contributed by atoms with Crippen LogP contribution in [0.1, 0.15) is 66.0 Å². The van der Waals surface area contributed by atoms with E-state index in [2.05, 4.69) is 26.1 Å². The van der Waals surface area contributed by atoms with Gasteiger partial charge in [0.15, 0.2) is 11.4 Å². The lowest BCUT2D eigenvalue weighted by atomic mass is 9.57. The van der Waals surface area contributed by atoms with E-state index in [9.17, 15) is 23.1 Å². The molecule has 4 aromatic rings. The Hall–Kier alpha value is -4.41. The fourth-order valence-electron chi connectivity index (χ4n) is 6.52. The van der Waals surface area contributed by atoms with Crippen LogP contribution in [0.3, 0.4) is 0 Å². The van der Waals surface area contributed by atoms with E-state index in [1.165, 1.54) is 18.2 Å². The Bertz CT molecular complexity index is 1750. The molecule has 1 aliphatic heterocycles. The summed E-state index contributed by atoms with van der Waals surface area (Å²) in [7, 11) is 0. The first-order valence-electron chi connectivity index (χ1n) is 14.4. The van der Waals surface area contributed by atoms with Crippen molar-refractivity contribution < 1.29 is 32.3 Å². The minimum Gasteiger partial charge on any atom is -0.493 e. The van der Waals surface area contributed by atoms with Crippen molar-refractivity contribution in [3.8, 4) is 17.0 Å². The number of carboxylic acid groups (broad SMARTS) is 1. The molecule has 8 nitrogen and oxygen atoms in total. The molecule has 1 spiro atoms. The molecule has 2 aliphatic carbocycles. The standard InChI is InChI=1S/C32H29F3N4O4/c1-2-42-26-13-25(30(40)41)37-24-10-8-20(12-23(24)26)39-16-31(17-39)14-18(15-31)5-9-21-27(38-43-28(21)19-6-7-19)22-4-3-11-36-29(22)32(33,34)35/h3-5,8-13,18-19H,2,6-7,14-17H2,1H3,(H,40,41)/b9-5+. The van der Waals surface area contributed by atoms with Gasteiger partial charge in [0, 0.05) is 58.9 Å². The number of ether oxygens (including phenoxy) is 1. The van der Waals surface area contributed by atoms with Crippen LogP contribution in [0.4, 0.5) is 18.9 Å². The summed E-state index contributed by atoms with van der Waals surface area (Å²) in [5, 5.41) is 14.3. The third kappa shape index (κ3) is 5.00. The van der Waals surface area contributed by atoms with Crippen LogP contribution in [0.5, 0.6) is 5.75 Å². The number of aromatic carboxylic acids is 1. The van der Waals surface area contributed by atoms with Gasteiger partial charge in [0.1, 0.15) is 17.2 Å². The number of fused-ring (bicyclic) bond motifs is 1. The first-order chi connectivity index (χ1) is 20.6. The summed E-state index contributed by atoms with van der Waals surface area (Å²) in [6.45, 7) is 4.05. The average Bonchev–Trinajstić information content (AvgIpc) is 3.70. The van der Waals surface area contributed by atoms with Crippen molar-refractivity contribution in [2.24, 2.45) is 11.3 Å². The number of alkyl halides is 3. The van der Waals surface area contributed by atoms with Crippen molar-refractivity contribution in [3.05, 3.63) is 71.4 Å². The van der Waals surface area contributed by atoms with Crippen LogP contribution < -0.4 is 9.64 Å². The Kier molecular flexibility index (Phi) is 6.44. The van der Waals surface area contributed by atoms with Gasteiger partial charge in [-0.25, -0.2) is 9.78 Å². The number of carboxylic acids is 1. The number of anilines is 1. The second-order valence-electron chi connectivity index (χ2n) is 11.8. The number of benzene rings is 1. The number of pyridine rings is 2. The normalized spacial score (nSPS) is 18.3. The van der Waals surface area contributed by atoms with Gasteiger partial charge in [-0.2, -0.15) is 13.2 Å². The van der Waals surface area contributed by atoms with Gasteiger partial charge in [-0.05, 0) is 68.9 Å². The molecule has 0 bridgehead atoms.